The minimum Gasteiger partial charge on any atom is -0.497 e. The Bertz CT molecular complexity index is 480. The molecule has 0 aliphatic carbocycles. The van der Waals surface area contributed by atoms with Crippen LogP contribution < -0.4 is 15.4 Å². The number of halogens is 1. The van der Waals surface area contributed by atoms with Gasteiger partial charge in [0.2, 0.25) is 0 Å². The van der Waals surface area contributed by atoms with Crippen LogP contribution in [-0.2, 0) is 0 Å². The van der Waals surface area contributed by atoms with E-state index < -0.39 is 0 Å². The lowest BCUT2D eigenvalue weighted by Crippen LogP contribution is -2.37. The molecule has 0 amide bonds. The van der Waals surface area contributed by atoms with Gasteiger partial charge in [-0.15, -0.1) is 30.4 Å². The Morgan fingerprint density at radius 3 is 2.55 bits per heavy atom. The van der Waals surface area contributed by atoms with Crippen molar-refractivity contribution in [3.8, 4) is 18.1 Å². The standard InChI is InChI=1S/C17H25N3O.HI/c1-5-12-19-17(18-6-2)20-13-11-14(3)15-7-9-16(21-4)10-8-15;/h1,7-10,14H,6,11-13H2,2-4H3,(H2,18,19,20);1H. The second kappa shape index (κ2) is 12.2. The van der Waals surface area contributed by atoms with E-state index in [1.165, 1.54) is 5.56 Å². The molecule has 5 heteroatoms. The Balaban J connectivity index is 0.00000441. The molecule has 0 aromatic heterocycles. The molecule has 22 heavy (non-hydrogen) atoms. The second-order valence-electron chi connectivity index (χ2n) is 4.78. The SMILES string of the molecule is C#CCNC(=NCCC(C)c1ccc(OC)cc1)NCC.I. The van der Waals surface area contributed by atoms with Gasteiger partial charge in [0.05, 0.1) is 13.7 Å². The molecule has 0 spiro atoms. The molecule has 0 bridgehead atoms. The Morgan fingerprint density at radius 1 is 1.32 bits per heavy atom. The number of methoxy groups -OCH3 is 1. The smallest absolute Gasteiger partial charge is 0.192 e. The van der Waals surface area contributed by atoms with Crippen LogP contribution in [0.4, 0.5) is 0 Å². The van der Waals surface area contributed by atoms with Crippen LogP contribution >= 0.6 is 24.0 Å². The van der Waals surface area contributed by atoms with E-state index in [0.29, 0.717) is 12.5 Å². The van der Waals surface area contributed by atoms with E-state index >= 15 is 0 Å². The van der Waals surface area contributed by atoms with Crippen molar-refractivity contribution in [1.82, 2.24) is 10.6 Å². The molecule has 1 unspecified atom stereocenters. The van der Waals surface area contributed by atoms with Crippen molar-refractivity contribution < 1.29 is 4.74 Å². The monoisotopic (exact) mass is 415 g/mol. The zero-order valence-electron chi connectivity index (χ0n) is 13.6. The lowest BCUT2D eigenvalue weighted by Gasteiger charge is -2.12. The van der Waals surface area contributed by atoms with Crippen molar-refractivity contribution in [3.63, 3.8) is 0 Å². The van der Waals surface area contributed by atoms with Crippen LogP contribution in [0, 0.1) is 12.3 Å². The van der Waals surface area contributed by atoms with Crippen LogP contribution in [0.3, 0.4) is 0 Å². The molecule has 0 heterocycles. The first-order valence-electron chi connectivity index (χ1n) is 7.30. The lowest BCUT2D eigenvalue weighted by atomic mass is 9.98. The van der Waals surface area contributed by atoms with Crippen LogP contribution in [0.2, 0.25) is 0 Å². The number of aliphatic imine (C=N–C) groups is 1. The van der Waals surface area contributed by atoms with E-state index in [1.807, 2.05) is 19.1 Å². The van der Waals surface area contributed by atoms with Crippen molar-refractivity contribution in [2.75, 3.05) is 26.7 Å². The predicted molar refractivity (Wildman–Crippen MR) is 104 cm³/mol. The summed E-state index contributed by atoms with van der Waals surface area (Å²) in [4.78, 5) is 4.52. The van der Waals surface area contributed by atoms with Gasteiger partial charge < -0.3 is 15.4 Å². The van der Waals surface area contributed by atoms with Gasteiger partial charge in [0.15, 0.2) is 5.96 Å². The number of guanidine groups is 1. The Hall–Kier alpha value is -1.42. The molecule has 0 aliphatic heterocycles. The third-order valence-corrected chi connectivity index (χ3v) is 3.22. The molecular weight excluding hydrogens is 389 g/mol. The summed E-state index contributed by atoms with van der Waals surface area (Å²) in [7, 11) is 1.68. The number of nitrogens with one attached hydrogen (secondary N) is 2. The summed E-state index contributed by atoms with van der Waals surface area (Å²) in [5, 5.41) is 6.26. The maximum absolute atomic E-state index is 5.24. The number of hydrogen-bond donors (Lipinski definition) is 2. The maximum Gasteiger partial charge on any atom is 0.192 e. The van der Waals surface area contributed by atoms with E-state index in [4.69, 9.17) is 11.2 Å². The van der Waals surface area contributed by atoms with Gasteiger partial charge in [-0.25, -0.2) is 0 Å². The molecule has 0 fully saturated rings. The number of benzene rings is 1. The van der Waals surface area contributed by atoms with Crippen LogP contribution in [0.15, 0.2) is 29.3 Å². The molecule has 122 valence electrons. The first kappa shape index (κ1) is 20.6. The fraction of sp³-hybridized carbons (Fsp3) is 0.471. The third-order valence-electron chi connectivity index (χ3n) is 3.22. The highest BCUT2D eigenvalue weighted by Crippen LogP contribution is 2.21. The van der Waals surface area contributed by atoms with Crippen LogP contribution in [0.5, 0.6) is 5.75 Å². The van der Waals surface area contributed by atoms with Crippen molar-refractivity contribution in [2.24, 2.45) is 4.99 Å². The minimum atomic E-state index is 0. The number of ether oxygens (including phenoxy) is 1. The second-order valence-corrected chi connectivity index (χ2v) is 4.78. The van der Waals surface area contributed by atoms with Gasteiger partial charge in [-0.2, -0.15) is 0 Å². The van der Waals surface area contributed by atoms with Crippen molar-refractivity contribution in [2.45, 2.75) is 26.2 Å². The first-order valence-corrected chi connectivity index (χ1v) is 7.30. The van der Waals surface area contributed by atoms with E-state index in [9.17, 15) is 0 Å². The zero-order valence-corrected chi connectivity index (χ0v) is 15.9. The van der Waals surface area contributed by atoms with Gasteiger partial charge in [-0.3, -0.25) is 4.99 Å². The Kier molecular flexibility index (Phi) is 11.4. The highest BCUT2D eigenvalue weighted by Gasteiger charge is 2.05. The average molecular weight is 415 g/mol. The minimum absolute atomic E-state index is 0. The molecule has 1 aromatic carbocycles. The molecule has 0 saturated carbocycles. The summed E-state index contributed by atoms with van der Waals surface area (Å²) in [5.74, 6) is 4.66. The highest BCUT2D eigenvalue weighted by atomic mass is 127. The van der Waals surface area contributed by atoms with E-state index in [1.54, 1.807) is 7.11 Å². The molecule has 0 radical (unpaired) electrons. The Morgan fingerprint density at radius 2 is 2.00 bits per heavy atom. The normalized spacial score (nSPS) is 11.8. The van der Waals surface area contributed by atoms with Gasteiger partial charge in [0, 0.05) is 13.1 Å². The van der Waals surface area contributed by atoms with Crippen LogP contribution in [0.25, 0.3) is 0 Å². The average Bonchev–Trinajstić information content (AvgIpc) is 2.52. The topological polar surface area (TPSA) is 45.7 Å². The van der Waals surface area contributed by atoms with Gasteiger partial charge >= 0.3 is 0 Å². The van der Waals surface area contributed by atoms with E-state index in [2.05, 4.69) is 40.6 Å². The summed E-state index contributed by atoms with van der Waals surface area (Å²) < 4.78 is 5.17. The summed E-state index contributed by atoms with van der Waals surface area (Å²) in [6.07, 6.45) is 6.23. The van der Waals surface area contributed by atoms with Gasteiger partial charge in [0.25, 0.3) is 0 Å². The van der Waals surface area contributed by atoms with Gasteiger partial charge in [0.1, 0.15) is 5.75 Å². The quantitative estimate of drug-likeness (QED) is 0.312. The number of terminal acetylenes is 1. The van der Waals surface area contributed by atoms with Gasteiger partial charge in [-0.1, -0.05) is 25.0 Å². The number of hydrogen-bond acceptors (Lipinski definition) is 2. The van der Waals surface area contributed by atoms with Crippen molar-refractivity contribution >= 4 is 29.9 Å². The zero-order chi connectivity index (χ0) is 15.5. The first-order chi connectivity index (χ1) is 10.2. The Labute approximate surface area is 151 Å². The molecule has 1 rings (SSSR count). The van der Waals surface area contributed by atoms with E-state index in [0.717, 1.165) is 31.2 Å². The fourth-order valence-electron chi connectivity index (χ4n) is 1.95. The molecule has 4 nitrogen and oxygen atoms in total. The largest absolute Gasteiger partial charge is 0.497 e. The molecule has 2 N–H and O–H groups in total. The number of nitrogens with zero attached hydrogens (tertiary/aromatic N) is 1. The molecule has 0 saturated heterocycles. The molecular formula is C17H26IN3O. The summed E-state index contributed by atoms with van der Waals surface area (Å²) in [6.45, 7) is 6.31. The summed E-state index contributed by atoms with van der Waals surface area (Å²) in [6, 6.07) is 8.20. The van der Waals surface area contributed by atoms with E-state index in [-0.39, 0.29) is 24.0 Å². The van der Waals surface area contributed by atoms with Gasteiger partial charge in [-0.05, 0) is 37.0 Å². The maximum atomic E-state index is 5.24. The highest BCUT2D eigenvalue weighted by molar-refractivity contribution is 14.0. The van der Waals surface area contributed by atoms with Crippen molar-refractivity contribution in [1.29, 1.82) is 0 Å². The summed E-state index contributed by atoms with van der Waals surface area (Å²) >= 11 is 0. The van der Waals surface area contributed by atoms with Crippen molar-refractivity contribution in [3.05, 3.63) is 29.8 Å². The lowest BCUT2D eigenvalue weighted by molar-refractivity contribution is 0.414. The molecule has 0 aliphatic rings. The van der Waals surface area contributed by atoms with Crippen LogP contribution in [-0.4, -0.2) is 32.7 Å². The summed E-state index contributed by atoms with van der Waals surface area (Å²) in [5.41, 5.74) is 1.30. The molecule has 1 atom stereocenters. The fourth-order valence-corrected chi connectivity index (χ4v) is 1.95. The predicted octanol–water partition coefficient (Wildman–Crippen LogP) is 3.00. The third kappa shape index (κ3) is 7.55. The molecule has 1 aromatic rings. The number of rotatable bonds is 7. The van der Waals surface area contributed by atoms with Crippen LogP contribution in [0.1, 0.15) is 31.7 Å².